The molecule has 0 saturated carbocycles. The molecule has 0 aliphatic carbocycles. The van der Waals surface area contributed by atoms with Crippen LogP contribution in [-0.2, 0) is 0 Å². The fourth-order valence-corrected chi connectivity index (χ4v) is 2.12. The monoisotopic (exact) mass is 284 g/mol. The molecule has 3 N–H and O–H groups in total. The Kier molecular flexibility index (Phi) is 2.69. The van der Waals surface area contributed by atoms with Gasteiger partial charge in [0.15, 0.2) is 0 Å². The molecular formula is C14H8N2O5. The molecule has 0 spiro atoms. The van der Waals surface area contributed by atoms with Crippen LogP contribution in [-0.4, -0.2) is 37.2 Å². The number of hydrogen-bond acceptors (Lipinski definition) is 5. The van der Waals surface area contributed by atoms with Crippen molar-refractivity contribution in [2.45, 2.75) is 0 Å². The van der Waals surface area contributed by atoms with Crippen LogP contribution in [0.2, 0.25) is 0 Å². The largest absolute Gasteiger partial charge is 0.506 e. The summed E-state index contributed by atoms with van der Waals surface area (Å²) in [7, 11) is 0. The van der Waals surface area contributed by atoms with Gasteiger partial charge < -0.3 is 15.3 Å². The number of rotatable bonds is 2. The number of nitrogens with zero attached hydrogens (tertiary/aromatic N) is 2. The number of benzene rings is 1. The number of carboxylic acid groups (broad SMARTS) is 2. The molecule has 2 heterocycles. The fraction of sp³-hybridized carbons (Fsp3) is 0. The Morgan fingerprint density at radius 1 is 0.857 bits per heavy atom. The smallest absolute Gasteiger partial charge is 0.354 e. The van der Waals surface area contributed by atoms with E-state index >= 15 is 0 Å². The second-order valence-electron chi connectivity index (χ2n) is 4.36. The summed E-state index contributed by atoms with van der Waals surface area (Å²) in [6.07, 6.45) is 0. The number of phenolic OH excluding ortho intramolecular Hbond substituents is 1. The Balaban J connectivity index is 2.38. The third-order valence-corrected chi connectivity index (χ3v) is 3.06. The van der Waals surface area contributed by atoms with E-state index in [0.29, 0.717) is 16.3 Å². The molecule has 0 unspecified atom stereocenters. The van der Waals surface area contributed by atoms with E-state index in [1.165, 1.54) is 24.3 Å². The maximum Gasteiger partial charge on any atom is 0.354 e. The molecule has 21 heavy (non-hydrogen) atoms. The number of hydrogen-bond donors (Lipinski definition) is 3. The van der Waals surface area contributed by atoms with E-state index in [4.69, 9.17) is 10.2 Å². The zero-order valence-electron chi connectivity index (χ0n) is 10.4. The summed E-state index contributed by atoms with van der Waals surface area (Å²) in [5, 5.41) is 28.9. The van der Waals surface area contributed by atoms with E-state index in [1.807, 2.05) is 0 Å². The van der Waals surface area contributed by atoms with Gasteiger partial charge in [-0.15, -0.1) is 0 Å². The van der Waals surface area contributed by atoms with Crippen molar-refractivity contribution in [1.82, 2.24) is 9.97 Å². The Morgan fingerprint density at radius 3 is 2.05 bits per heavy atom. The number of phenols is 1. The molecule has 0 radical (unpaired) electrons. The lowest BCUT2D eigenvalue weighted by molar-refractivity contribution is 0.0680. The highest BCUT2D eigenvalue weighted by atomic mass is 16.4. The minimum absolute atomic E-state index is 0.132. The predicted octanol–water partition coefficient (Wildman–Crippen LogP) is 1.89. The van der Waals surface area contributed by atoms with Gasteiger partial charge in [-0.3, -0.25) is 0 Å². The van der Waals surface area contributed by atoms with Crippen LogP contribution in [0.4, 0.5) is 0 Å². The van der Waals surface area contributed by atoms with E-state index in [0.717, 1.165) is 0 Å². The van der Waals surface area contributed by atoms with Crippen LogP contribution in [0.5, 0.6) is 5.75 Å². The van der Waals surface area contributed by atoms with Crippen LogP contribution in [0, 0.1) is 0 Å². The van der Waals surface area contributed by atoms with Crippen molar-refractivity contribution in [3.63, 3.8) is 0 Å². The summed E-state index contributed by atoms with van der Waals surface area (Å²) in [5.41, 5.74) is 0.0979. The van der Waals surface area contributed by atoms with Gasteiger partial charge in [0.25, 0.3) is 0 Å². The quantitative estimate of drug-likeness (QED) is 0.614. The van der Waals surface area contributed by atoms with Gasteiger partial charge in [-0.05, 0) is 24.3 Å². The molecular weight excluding hydrogens is 276 g/mol. The van der Waals surface area contributed by atoms with Gasteiger partial charge in [-0.2, -0.15) is 0 Å². The lowest BCUT2D eigenvalue weighted by atomic mass is 10.1. The van der Waals surface area contributed by atoms with Crippen LogP contribution in [0.25, 0.3) is 21.8 Å². The van der Waals surface area contributed by atoms with E-state index in [-0.39, 0.29) is 22.7 Å². The molecule has 0 bridgehead atoms. The van der Waals surface area contributed by atoms with Crippen LogP contribution in [0.1, 0.15) is 21.0 Å². The van der Waals surface area contributed by atoms with Crippen molar-refractivity contribution in [3.05, 3.63) is 41.7 Å². The highest BCUT2D eigenvalue weighted by Crippen LogP contribution is 2.31. The first-order chi connectivity index (χ1) is 9.97. The molecule has 0 amide bonds. The van der Waals surface area contributed by atoms with E-state index in [2.05, 4.69) is 9.97 Å². The summed E-state index contributed by atoms with van der Waals surface area (Å²) in [5.74, 6) is -2.62. The molecule has 2 aromatic heterocycles. The summed E-state index contributed by atoms with van der Waals surface area (Å²) in [4.78, 5) is 29.7. The van der Waals surface area contributed by atoms with Gasteiger partial charge in [0.05, 0.1) is 5.52 Å². The maximum absolute atomic E-state index is 10.9. The van der Waals surface area contributed by atoms with E-state index in [1.54, 1.807) is 6.07 Å². The van der Waals surface area contributed by atoms with Crippen molar-refractivity contribution >= 4 is 33.7 Å². The first-order valence-electron chi connectivity index (χ1n) is 5.87. The summed E-state index contributed by atoms with van der Waals surface area (Å²) in [6, 6.07) is 6.98. The van der Waals surface area contributed by atoms with Crippen LogP contribution in [0.15, 0.2) is 30.3 Å². The zero-order valence-corrected chi connectivity index (χ0v) is 10.4. The lowest BCUT2D eigenvalue weighted by Gasteiger charge is -2.06. The van der Waals surface area contributed by atoms with Gasteiger partial charge in [-0.25, -0.2) is 19.6 Å². The minimum Gasteiger partial charge on any atom is -0.506 e. The van der Waals surface area contributed by atoms with Gasteiger partial charge in [0.1, 0.15) is 22.7 Å². The summed E-state index contributed by atoms with van der Waals surface area (Å²) >= 11 is 0. The highest BCUT2D eigenvalue weighted by molar-refractivity contribution is 6.09. The average Bonchev–Trinajstić information content (AvgIpc) is 2.46. The average molecular weight is 284 g/mol. The van der Waals surface area contributed by atoms with E-state index in [9.17, 15) is 14.7 Å². The van der Waals surface area contributed by atoms with Gasteiger partial charge in [0, 0.05) is 16.8 Å². The number of carboxylic acids is 2. The van der Waals surface area contributed by atoms with Crippen LogP contribution >= 0.6 is 0 Å². The number of pyridine rings is 2. The minimum atomic E-state index is -1.20. The lowest BCUT2D eigenvalue weighted by Crippen LogP contribution is -2.01. The van der Waals surface area contributed by atoms with Crippen LogP contribution < -0.4 is 0 Å². The Bertz CT molecular complexity index is 920. The van der Waals surface area contributed by atoms with Gasteiger partial charge in [0.2, 0.25) is 0 Å². The standard InChI is InChI=1S/C14H8N2O5/c17-11-5-10-6(1-3-8(15-10)13(18)19)7-2-4-9(14(20)21)16-12(7)11/h1-5,17H,(H,18,19)(H,20,21). The Morgan fingerprint density at radius 2 is 1.43 bits per heavy atom. The second kappa shape index (κ2) is 4.41. The van der Waals surface area contributed by atoms with Crippen molar-refractivity contribution in [1.29, 1.82) is 0 Å². The molecule has 104 valence electrons. The Hall–Kier alpha value is -3.22. The SMILES string of the molecule is O=C(O)c1ccc2c(cc(O)c3nc(C(=O)O)ccc32)n1. The molecule has 0 aliphatic rings. The second-order valence-corrected chi connectivity index (χ2v) is 4.36. The molecule has 0 saturated heterocycles. The molecule has 1 aromatic carbocycles. The van der Waals surface area contributed by atoms with Gasteiger partial charge >= 0.3 is 11.9 Å². The van der Waals surface area contributed by atoms with Crippen LogP contribution in [0.3, 0.4) is 0 Å². The third kappa shape index (κ3) is 2.00. The van der Waals surface area contributed by atoms with Crippen molar-refractivity contribution < 1.29 is 24.9 Å². The topological polar surface area (TPSA) is 121 Å². The van der Waals surface area contributed by atoms with E-state index < -0.39 is 11.9 Å². The number of aromatic carboxylic acids is 2. The molecule has 0 aliphatic heterocycles. The third-order valence-electron chi connectivity index (χ3n) is 3.06. The predicted molar refractivity (Wildman–Crippen MR) is 72.6 cm³/mol. The molecule has 7 nitrogen and oxygen atoms in total. The molecule has 0 atom stereocenters. The zero-order chi connectivity index (χ0) is 15.1. The van der Waals surface area contributed by atoms with Gasteiger partial charge in [-0.1, -0.05) is 0 Å². The molecule has 0 fully saturated rings. The first kappa shape index (κ1) is 12.8. The molecule has 7 heteroatoms. The number of aromatic nitrogens is 2. The normalized spacial score (nSPS) is 10.9. The number of carbonyl (C=O) groups is 2. The Labute approximate surface area is 117 Å². The fourth-order valence-electron chi connectivity index (χ4n) is 2.12. The van der Waals surface area contributed by atoms with Crippen molar-refractivity contribution in [3.8, 4) is 5.75 Å². The maximum atomic E-state index is 10.9. The molecule has 3 rings (SSSR count). The number of fused-ring (bicyclic) bond motifs is 3. The van der Waals surface area contributed by atoms with Crippen molar-refractivity contribution in [2.24, 2.45) is 0 Å². The molecule has 3 aromatic rings. The summed E-state index contributed by atoms with van der Waals surface area (Å²) in [6.45, 7) is 0. The summed E-state index contributed by atoms with van der Waals surface area (Å²) < 4.78 is 0. The number of aromatic hydroxyl groups is 1. The van der Waals surface area contributed by atoms with Crippen molar-refractivity contribution in [2.75, 3.05) is 0 Å². The first-order valence-corrected chi connectivity index (χ1v) is 5.87. The highest BCUT2D eigenvalue weighted by Gasteiger charge is 2.13.